The number of anilines is 1. The van der Waals surface area contributed by atoms with Crippen LogP contribution in [0.25, 0.3) is 11.0 Å². The summed E-state index contributed by atoms with van der Waals surface area (Å²) in [5, 5.41) is 0.688. The number of amides is 1. The zero-order chi connectivity index (χ0) is 25.4. The van der Waals surface area contributed by atoms with Gasteiger partial charge in [0.15, 0.2) is 5.43 Å². The Morgan fingerprint density at radius 3 is 2.36 bits per heavy atom. The number of halogens is 1. The van der Waals surface area contributed by atoms with Gasteiger partial charge in [0.1, 0.15) is 11.3 Å². The van der Waals surface area contributed by atoms with Gasteiger partial charge < -0.3 is 13.9 Å². The smallest absolute Gasteiger partial charge is 0.338 e. The molecule has 36 heavy (non-hydrogen) atoms. The molecule has 0 N–H and O–H groups in total. The molecule has 0 aliphatic carbocycles. The molecule has 0 radical (unpaired) electrons. The molecule has 0 bridgehead atoms. The van der Waals surface area contributed by atoms with Crippen LogP contribution in [0.4, 0.5) is 5.69 Å². The van der Waals surface area contributed by atoms with Gasteiger partial charge in [0.2, 0.25) is 5.76 Å². The van der Waals surface area contributed by atoms with Gasteiger partial charge in [0.25, 0.3) is 5.91 Å². The molecule has 1 aromatic heterocycles. The summed E-state index contributed by atoms with van der Waals surface area (Å²) in [5.74, 6) is -0.263. The van der Waals surface area contributed by atoms with Gasteiger partial charge in [0.05, 0.1) is 35.8 Å². The number of carbonyl (C=O) groups is 2. The van der Waals surface area contributed by atoms with Gasteiger partial charge in [-0.3, -0.25) is 14.5 Å². The van der Waals surface area contributed by atoms with Gasteiger partial charge >= 0.3 is 5.97 Å². The van der Waals surface area contributed by atoms with E-state index >= 15 is 0 Å². The average Bonchev–Trinajstić information content (AvgIpc) is 3.18. The maximum Gasteiger partial charge on any atom is 0.338 e. The topological polar surface area (TPSA) is 86.0 Å². The Labute approximate surface area is 211 Å². The molecule has 3 aromatic carbocycles. The SMILES string of the molecule is CCOC(=O)c1ccc(N2C(=O)c3oc4ccc(Cl)cc4c(=O)c3C2c2ccc(OCC)cc2)cc1. The van der Waals surface area contributed by atoms with Crippen LogP contribution in [-0.2, 0) is 4.74 Å². The van der Waals surface area contributed by atoms with Gasteiger partial charge in [-0.25, -0.2) is 4.79 Å². The zero-order valence-corrected chi connectivity index (χ0v) is 20.4. The fraction of sp³-hybridized carbons (Fsp3) is 0.179. The van der Waals surface area contributed by atoms with Gasteiger partial charge in [0, 0.05) is 10.7 Å². The highest BCUT2D eigenvalue weighted by Gasteiger charge is 2.43. The molecular weight excluding hydrogens is 482 g/mol. The third kappa shape index (κ3) is 4.01. The van der Waals surface area contributed by atoms with Crippen LogP contribution in [0.3, 0.4) is 0 Å². The minimum absolute atomic E-state index is 0.0248. The zero-order valence-electron chi connectivity index (χ0n) is 19.6. The number of esters is 1. The van der Waals surface area contributed by atoms with E-state index in [9.17, 15) is 14.4 Å². The summed E-state index contributed by atoms with van der Waals surface area (Å²) in [4.78, 5) is 41.0. The molecule has 1 aliphatic heterocycles. The van der Waals surface area contributed by atoms with Crippen molar-refractivity contribution >= 4 is 40.1 Å². The molecule has 1 aliphatic rings. The summed E-state index contributed by atoms with van der Waals surface area (Å²) in [6.07, 6.45) is 0. The molecule has 0 fully saturated rings. The molecule has 1 atom stereocenters. The van der Waals surface area contributed by atoms with E-state index in [2.05, 4.69) is 0 Å². The van der Waals surface area contributed by atoms with Crippen molar-refractivity contribution in [3.63, 3.8) is 0 Å². The molecule has 0 saturated heterocycles. The predicted molar refractivity (Wildman–Crippen MR) is 136 cm³/mol. The molecule has 7 nitrogen and oxygen atoms in total. The molecule has 0 saturated carbocycles. The molecule has 1 unspecified atom stereocenters. The largest absolute Gasteiger partial charge is 0.494 e. The fourth-order valence-electron chi connectivity index (χ4n) is 4.41. The number of benzene rings is 3. The van der Waals surface area contributed by atoms with Crippen LogP contribution in [0.15, 0.2) is 75.9 Å². The van der Waals surface area contributed by atoms with Gasteiger partial charge in [-0.2, -0.15) is 0 Å². The number of fused-ring (bicyclic) bond motifs is 2. The monoisotopic (exact) mass is 503 g/mol. The Bertz CT molecular complexity index is 1530. The first kappa shape index (κ1) is 23.6. The lowest BCUT2D eigenvalue weighted by Crippen LogP contribution is -2.29. The highest BCUT2D eigenvalue weighted by Crippen LogP contribution is 2.41. The maximum absolute atomic E-state index is 13.7. The van der Waals surface area contributed by atoms with Crippen LogP contribution in [-0.4, -0.2) is 25.1 Å². The maximum atomic E-state index is 13.7. The Hall–Kier alpha value is -4.10. The van der Waals surface area contributed by atoms with E-state index < -0.39 is 17.9 Å². The standard InChI is InChI=1S/C28H22ClNO6/c1-3-34-20-12-7-16(8-13-20)24-23-25(31)21-15-18(29)9-14-22(21)36-26(23)27(32)30(24)19-10-5-17(6-11-19)28(33)35-4-2/h5-15,24H,3-4H2,1-2H3. The normalized spacial score (nSPS) is 14.7. The predicted octanol–water partition coefficient (Wildman–Crippen LogP) is 5.77. The van der Waals surface area contributed by atoms with Crippen LogP contribution in [0, 0.1) is 0 Å². The van der Waals surface area contributed by atoms with Crippen LogP contribution in [0.5, 0.6) is 5.75 Å². The van der Waals surface area contributed by atoms with Crippen molar-refractivity contribution in [1.29, 1.82) is 0 Å². The molecule has 8 heteroatoms. The second-order valence-electron chi connectivity index (χ2n) is 8.16. The minimum atomic E-state index is -0.753. The summed E-state index contributed by atoms with van der Waals surface area (Å²) in [5.41, 5.74) is 1.74. The lowest BCUT2D eigenvalue weighted by molar-refractivity contribution is 0.0526. The van der Waals surface area contributed by atoms with E-state index in [1.54, 1.807) is 61.5 Å². The Morgan fingerprint density at radius 2 is 1.69 bits per heavy atom. The molecule has 1 amide bonds. The van der Waals surface area contributed by atoms with Gasteiger partial charge in [-0.15, -0.1) is 0 Å². The molecule has 182 valence electrons. The van der Waals surface area contributed by atoms with Crippen molar-refractivity contribution in [3.05, 3.63) is 104 Å². The summed E-state index contributed by atoms with van der Waals surface area (Å²) in [6, 6.07) is 17.7. The van der Waals surface area contributed by atoms with Gasteiger partial charge in [-0.1, -0.05) is 23.7 Å². The second-order valence-corrected chi connectivity index (χ2v) is 8.60. The van der Waals surface area contributed by atoms with Crippen molar-refractivity contribution in [1.82, 2.24) is 0 Å². The van der Waals surface area contributed by atoms with E-state index in [-0.39, 0.29) is 28.9 Å². The number of hydrogen-bond donors (Lipinski definition) is 0. The average molecular weight is 504 g/mol. The van der Waals surface area contributed by atoms with E-state index in [0.717, 1.165) is 0 Å². The van der Waals surface area contributed by atoms with Crippen molar-refractivity contribution in [2.24, 2.45) is 0 Å². The minimum Gasteiger partial charge on any atom is -0.494 e. The Morgan fingerprint density at radius 1 is 0.972 bits per heavy atom. The van der Waals surface area contributed by atoms with Crippen molar-refractivity contribution < 1.29 is 23.5 Å². The van der Waals surface area contributed by atoms with E-state index in [0.29, 0.717) is 39.6 Å². The van der Waals surface area contributed by atoms with Gasteiger partial charge in [-0.05, 0) is 74.0 Å². The van der Waals surface area contributed by atoms with E-state index in [1.807, 2.05) is 19.1 Å². The molecule has 0 spiro atoms. The molecule has 4 aromatic rings. The first-order chi connectivity index (χ1) is 17.4. The lowest BCUT2D eigenvalue weighted by atomic mass is 9.98. The van der Waals surface area contributed by atoms with Crippen molar-refractivity contribution in [3.8, 4) is 5.75 Å². The van der Waals surface area contributed by atoms with Crippen LogP contribution >= 0.6 is 11.6 Å². The van der Waals surface area contributed by atoms with E-state index in [1.165, 1.54) is 4.90 Å². The lowest BCUT2D eigenvalue weighted by Gasteiger charge is -2.25. The summed E-state index contributed by atoms with van der Waals surface area (Å²) in [7, 11) is 0. The third-order valence-electron chi connectivity index (χ3n) is 6.00. The number of carbonyl (C=O) groups excluding carboxylic acids is 2. The second kappa shape index (κ2) is 9.51. The summed E-state index contributed by atoms with van der Waals surface area (Å²) < 4.78 is 16.6. The summed E-state index contributed by atoms with van der Waals surface area (Å²) >= 11 is 6.15. The highest BCUT2D eigenvalue weighted by atomic mass is 35.5. The van der Waals surface area contributed by atoms with E-state index in [4.69, 9.17) is 25.5 Å². The number of ether oxygens (including phenoxy) is 2. The van der Waals surface area contributed by atoms with Crippen LogP contribution in [0.1, 0.15) is 51.9 Å². The molecule has 2 heterocycles. The molecular formula is C28H22ClNO6. The number of rotatable bonds is 6. The Kier molecular flexibility index (Phi) is 6.24. The first-order valence-electron chi connectivity index (χ1n) is 11.5. The van der Waals surface area contributed by atoms with Crippen molar-refractivity contribution in [2.75, 3.05) is 18.1 Å². The van der Waals surface area contributed by atoms with Crippen LogP contribution in [0.2, 0.25) is 5.02 Å². The quantitative estimate of drug-likeness (QED) is 0.310. The first-order valence-corrected chi connectivity index (χ1v) is 11.9. The number of hydrogen-bond acceptors (Lipinski definition) is 6. The summed E-state index contributed by atoms with van der Waals surface area (Å²) in [6.45, 7) is 4.39. The number of nitrogens with zero attached hydrogens (tertiary/aromatic N) is 1. The highest BCUT2D eigenvalue weighted by molar-refractivity contribution is 6.31. The van der Waals surface area contributed by atoms with Crippen LogP contribution < -0.4 is 15.1 Å². The molecule has 5 rings (SSSR count). The Balaban J connectivity index is 1.68. The fourth-order valence-corrected chi connectivity index (χ4v) is 4.58. The third-order valence-corrected chi connectivity index (χ3v) is 6.23. The van der Waals surface area contributed by atoms with Crippen molar-refractivity contribution in [2.45, 2.75) is 19.9 Å².